The van der Waals surface area contributed by atoms with Crippen LogP contribution in [0, 0.1) is 5.92 Å². The highest BCUT2D eigenvalue weighted by molar-refractivity contribution is 6.07. The largest absolute Gasteiger partial charge is 0.416 e. The zero-order chi connectivity index (χ0) is 24.3. The number of hydrogen-bond acceptors (Lipinski definition) is 3. The van der Waals surface area contributed by atoms with E-state index in [-0.39, 0.29) is 11.8 Å². The second kappa shape index (κ2) is 9.67. The van der Waals surface area contributed by atoms with Crippen molar-refractivity contribution in [3.8, 4) is 5.95 Å². The number of benzene rings is 2. The molecule has 1 atom stereocenters. The Morgan fingerprint density at radius 1 is 1.00 bits per heavy atom. The summed E-state index contributed by atoms with van der Waals surface area (Å²) >= 11 is 0. The molecule has 1 N–H and O–H groups in total. The van der Waals surface area contributed by atoms with Crippen LogP contribution in [0.5, 0.6) is 0 Å². The van der Waals surface area contributed by atoms with Crippen LogP contribution in [0.1, 0.15) is 47.7 Å². The number of hydrogen-bond donors (Lipinski definition) is 1. The molecule has 1 amide bonds. The first kappa shape index (κ1) is 23.5. The SMILES string of the molecule is CC(C)CC(CNC(=O)c1cn(-c2ncccn2)c2ccccc12)c1ccc(C(F)(F)F)cc1. The molecule has 4 aromatic rings. The van der Waals surface area contributed by atoms with E-state index in [2.05, 4.69) is 15.3 Å². The van der Waals surface area contributed by atoms with Crippen LogP contribution in [0.25, 0.3) is 16.9 Å². The van der Waals surface area contributed by atoms with Gasteiger partial charge in [0.15, 0.2) is 0 Å². The Kier molecular flexibility index (Phi) is 6.68. The number of carbonyl (C=O) groups is 1. The van der Waals surface area contributed by atoms with Crippen LogP contribution in [0.4, 0.5) is 13.2 Å². The van der Waals surface area contributed by atoms with Gasteiger partial charge in [-0.3, -0.25) is 9.36 Å². The number of fused-ring (bicyclic) bond motifs is 1. The Bertz CT molecular complexity index is 1260. The van der Waals surface area contributed by atoms with Crippen molar-refractivity contribution in [3.63, 3.8) is 0 Å². The average Bonchev–Trinajstić information content (AvgIpc) is 3.21. The van der Waals surface area contributed by atoms with Crippen LogP contribution in [0.15, 0.2) is 73.2 Å². The van der Waals surface area contributed by atoms with Crippen LogP contribution in [0.3, 0.4) is 0 Å². The second-order valence-electron chi connectivity index (χ2n) is 8.63. The van der Waals surface area contributed by atoms with Crippen LogP contribution < -0.4 is 5.32 Å². The van der Waals surface area contributed by atoms with Crippen LogP contribution in [-0.4, -0.2) is 27.0 Å². The predicted octanol–water partition coefficient (Wildman–Crippen LogP) is 6.00. The smallest absolute Gasteiger partial charge is 0.351 e. The molecular weight excluding hydrogens is 441 g/mol. The van der Waals surface area contributed by atoms with Gasteiger partial charge >= 0.3 is 6.18 Å². The lowest BCUT2D eigenvalue weighted by molar-refractivity contribution is -0.137. The summed E-state index contributed by atoms with van der Waals surface area (Å²) < 4.78 is 40.6. The third-order valence-corrected chi connectivity index (χ3v) is 5.70. The minimum Gasteiger partial charge on any atom is -0.351 e. The maximum absolute atomic E-state index is 13.2. The number of nitrogens with zero attached hydrogens (tertiary/aromatic N) is 3. The van der Waals surface area contributed by atoms with Gasteiger partial charge in [-0.15, -0.1) is 0 Å². The van der Waals surface area contributed by atoms with Crippen molar-refractivity contribution < 1.29 is 18.0 Å². The molecule has 1 unspecified atom stereocenters. The minimum absolute atomic E-state index is 0.114. The standard InChI is InChI=1S/C26H25F3N4O/c1-17(2)14-19(18-8-10-20(11-9-18)26(27,28)29)15-32-24(34)22-16-33(25-30-12-5-13-31-25)23-7-4-3-6-21(22)23/h3-13,16-17,19H,14-15H2,1-2H3,(H,32,34). The predicted molar refractivity (Wildman–Crippen MR) is 125 cm³/mol. The van der Waals surface area contributed by atoms with Crippen LogP contribution in [-0.2, 0) is 6.18 Å². The molecule has 0 aliphatic heterocycles. The second-order valence-corrected chi connectivity index (χ2v) is 8.63. The third-order valence-electron chi connectivity index (χ3n) is 5.70. The van der Waals surface area contributed by atoms with Gasteiger partial charge in [-0.25, -0.2) is 9.97 Å². The molecule has 5 nitrogen and oxygen atoms in total. The summed E-state index contributed by atoms with van der Waals surface area (Å²) in [6.07, 6.45) is 1.34. The molecule has 2 aromatic heterocycles. The van der Waals surface area contributed by atoms with E-state index in [9.17, 15) is 18.0 Å². The summed E-state index contributed by atoms with van der Waals surface area (Å²) in [6, 6.07) is 14.4. The van der Waals surface area contributed by atoms with Gasteiger partial charge in [-0.05, 0) is 42.2 Å². The van der Waals surface area contributed by atoms with Crippen molar-refractivity contribution in [3.05, 3.63) is 89.9 Å². The molecule has 0 fully saturated rings. The monoisotopic (exact) mass is 466 g/mol. The van der Waals surface area contributed by atoms with E-state index in [4.69, 9.17) is 0 Å². The van der Waals surface area contributed by atoms with Crippen LogP contribution >= 0.6 is 0 Å². The summed E-state index contributed by atoms with van der Waals surface area (Å²) in [6.45, 7) is 4.41. The third kappa shape index (κ3) is 5.11. The zero-order valence-electron chi connectivity index (χ0n) is 18.9. The number of amides is 1. The Balaban J connectivity index is 1.58. The van der Waals surface area contributed by atoms with Crippen molar-refractivity contribution in [2.75, 3.05) is 6.54 Å². The summed E-state index contributed by atoms with van der Waals surface area (Å²) in [7, 11) is 0. The Morgan fingerprint density at radius 2 is 1.68 bits per heavy atom. The van der Waals surface area contributed by atoms with Gasteiger partial charge in [0.2, 0.25) is 5.95 Å². The van der Waals surface area contributed by atoms with Gasteiger partial charge in [0.1, 0.15) is 0 Å². The molecule has 176 valence electrons. The number of nitrogens with one attached hydrogen (secondary N) is 1. The van der Waals surface area contributed by atoms with E-state index in [1.165, 1.54) is 12.1 Å². The lowest BCUT2D eigenvalue weighted by Crippen LogP contribution is -2.29. The topological polar surface area (TPSA) is 59.8 Å². The van der Waals surface area contributed by atoms with Gasteiger partial charge in [-0.1, -0.05) is 44.2 Å². The van der Waals surface area contributed by atoms with Gasteiger partial charge in [-0.2, -0.15) is 13.2 Å². The van der Waals surface area contributed by atoms with E-state index in [1.807, 2.05) is 38.1 Å². The van der Waals surface area contributed by atoms with E-state index in [1.54, 1.807) is 29.2 Å². The van der Waals surface area contributed by atoms with Gasteiger partial charge in [0.25, 0.3) is 5.91 Å². The van der Waals surface area contributed by atoms with E-state index < -0.39 is 11.7 Å². The quantitative estimate of drug-likeness (QED) is 0.363. The minimum atomic E-state index is -4.38. The van der Waals surface area contributed by atoms with Crippen LogP contribution in [0.2, 0.25) is 0 Å². The molecular formula is C26H25F3N4O. The molecule has 4 rings (SSSR count). The fourth-order valence-electron chi connectivity index (χ4n) is 4.10. The summed E-state index contributed by atoms with van der Waals surface area (Å²) in [5.74, 6) is 0.394. The van der Waals surface area contributed by atoms with Gasteiger partial charge in [0.05, 0.1) is 16.6 Å². The molecule has 0 saturated carbocycles. The molecule has 0 spiro atoms. The molecule has 2 heterocycles. The molecule has 8 heteroatoms. The Hall–Kier alpha value is -3.68. The maximum atomic E-state index is 13.2. The normalized spacial score (nSPS) is 12.8. The summed E-state index contributed by atoms with van der Waals surface area (Å²) in [5.41, 5.74) is 1.38. The van der Waals surface area contributed by atoms with Crippen molar-refractivity contribution in [2.24, 2.45) is 5.92 Å². The number of aromatic nitrogens is 3. The Morgan fingerprint density at radius 3 is 2.32 bits per heavy atom. The van der Waals surface area contributed by atoms with E-state index in [0.717, 1.165) is 35.0 Å². The molecule has 0 radical (unpaired) electrons. The van der Waals surface area contributed by atoms with Gasteiger partial charge < -0.3 is 5.32 Å². The first-order valence-electron chi connectivity index (χ1n) is 11.1. The molecule has 2 aromatic carbocycles. The molecule has 34 heavy (non-hydrogen) atoms. The number of rotatable bonds is 7. The first-order valence-corrected chi connectivity index (χ1v) is 11.1. The van der Waals surface area contributed by atoms with Crippen molar-refractivity contribution in [1.82, 2.24) is 19.9 Å². The lowest BCUT2D eigenvalue weighted by Gasteiger charge is -2.21. The van der Waals surface area contributed by atoms with E-state index in [0.29, 0.717) is 24.0 Å². The summed E-state index contributed by atoms with van der Waals surface area (Å²) in [5, 5.41) is 3.76. The van der Waals surface area contributed by atoms with Crippen molar-refractivity contribution in [2.45, 2.75) is 32.4 Å². The number of para-hydroxylation sites is 1. The highest BCUT2D eigenvalue weighted by atomic mass is 19.4. The molecule has 0 aliphatic carbocycles. The first-order chi connectivity index (χ1) is 16.2. The van der Waals surface area contributed by atoms with Crippen molar-refractivity contribution >= 4 is 16.8 Å². The lowest BCUT2D eigenvalue weighted by atomic mass is 9.89. The number of carbonyl (C=O) groups excluding carboxylic acids is 1. The maximum Gasteiger partial charge on any atom is 0.416 e. The van der Waals surface area contributed by atoms with Crippen molar-refractivity contribution in [1.29, 1.82) is 0 Å². The number of halogens is 3. The fourth-order valence-corrected chi connectivity index (χ4v) is 4.10. The summed E-state index contributed by atoms with van der Waals surface area (Å²) in [4.78, 5) is 21.8. The zero-order valence-corrected chi connectivity index (χ0v) is 18.9. The van der Waals surface area contributed by atoms with E-state index >= 15 is 0 Å². The Labute approximate surface area is 195 Å². The number of alkyl halides is 3. The fraction of sp³-hybridized carbons (Fsp3) is 0.269. The van der Waals surface area contributed by atoms with Gasteiger partial charge in [0, 0.05) is 36.4 Å². The average molecular weight is 467 g/mol. The molecule has 0 saturated heterocycles. The highest BCUT2D eigenvalue weighted by Crippen LogP contribution is 2.31. The molecule has 0 aliphatic rings. The highest BCUT2D eigenvalue weighted by Gasteiger charge is 2.30. The molecule has 0 bridgehead atoms.